The lowest BCUT2D eigenvalue weighted by Crippen LogP contribution is -2.27. The number of alkyl halides is 6. The number of fused-ring (bicyclic) bond motifs is 3. The predicted octanol–water partition coefficient (Wildman–Crippen LogP) is 13.1. The summed E-state index contributed by atoms with van der Waals surface area (Å²) in [7, 11) is -5.61. The molecule has 63 heavy (non-hydrogen) atoms. The summed E-state index contributed by atoms with van der Waals surface area (Å²) in [4.78, 5) is 22.8. The van der Waals surface area contributed by atoms with Crippen LogP contribution in [0.1, 0.15) is 11.1 Å². The average molecular weight is 989 g/mol. The van der Waals surface area contributed by atoms with Gasteiger partial charge in [0.25, 0.3) is 0 Å². The highest BCUT2D eigenvalue weighted by molar-refractivity contribution is 7.88. The Morgan fingerprint density at radius 2 is 0.683 bits per heavy atom. The number of halogens is 6. The molecular weight excluding hydrogens is 949 g/mol. The number of hydrogen-bond donors (Lipinski definition) is 1. The van der Waals surface area contributed by atoms with Crippen LogP contribution in [0.2, 0.25) is 0 Å². The third-order valence-corrected chi connectivity index (χ3v) is 17.1. The molecule has 0 radical (unpaired) electrons. The lowest BCUT2D eigenvalue weighted by atomic mass is 10.1. The zero-order chi connectivity index (χ0) is 44.4. The van der Waals surface area contributed by atoms with Gasteiger partial charge in [-0.3, -0.25) is 0 Å². The van der Waals surface area contributed by atoms with Crippen molar-refractivity contribution in [3.05, 3.63) is 194 Å². The third-order valence-electron chi connectivity index (χ3n) is 9.86. The second-order valence-electron chi connectivity index (χ2n) is 13.9. The molecule has 3 aromatic heterocycles. The SMILES string of the molecule is Cc1cc(P(=Nc2ncccn2)(c2ccccc2)c2ccccc2)c2[nH]c3c(P(=Nc4ncccn4)(c4ccccc4)c4ccccc4)cc(C)cc3c2c1.ClC(Cl)Cl.ClC(Cl)Cl. The second kappa shape index (κ2) is 21.4. The molecule has 0 fully saturated rings. The zero-order valence-electron chi connectivity index (χ0n) is 33.8. The summed E-state index contributed by atoms with van der Waals surface area (Å²) in [6.07, 6.45) is 7.04. The highest BCUT2D eigenvalue weighted by Gasteiger charge is 2.34. The van der Waals surface area contributed by atoms with Gasteiger partial charge in [0.2, 0.25) is 11.9 Å². The molecule has 3 heterocycles. The number of benzene rings is 6. The number of aromatic amines is 1. The van der Waals surface area contributed by atoms with Gasteiger partial charge in [0.15, 0.2) is 8.59 Å². The summed E-state index contributed by atoms with van der Waals surface area (Å²) in [5.74, 6) is 0.899. The molecule has 7 nitrogen and oxygen atoms in total. The van der Waals surface area contributed by atoms with Crippen LogP contribution in [0.5, 0.6) is 0 Å². The topological polar surface area (TPSA) is 92.1 Å². The van der Waals surface area contributed by atoms with Gasteiger partial charge in [0.05, 0.1) is 25.1 Å². The van der Waals surface area contributed by atoms with Crippen molar-refractivity contribution in [3.8, 4) is 0 Å². The van der Waals surface area contributed by atoms with E-state index in [4.69, 9.17) is 79.1 Å². The summed E-state index contributed by atoms with van der Waals surface area (Å²) in [6.45, 7) is 4.35. The normalized spacial score (nSPS) is 11.5. The van der Waals surface area contributed by atoms with Crippen molar-refractivity contribution < 1.29 is 0 Å². The molecule has 6 aromatic carbocycles. The van der Waals surface area contributed by atoms with Gasteiger partial charge in [-0.2, -0.15) is 0 Å². The molecule has 9 aromatic rings. The van der Waals surface area contributed by atoms with E-state index in [0.29, 0.717) is 11.9 Å². The molecule has 0 saturated heterocycles. The fourth-order valence-electron chi connectivity index (χ4n) is 7.58. The average Bonchev–Trinajstić information content (AvgIpc) is 3.66. The first-order valence-corrected chi connectivity index (χ1v) is 25.6. The van der Waals surface area contributed by atoms with Crippen LogP contribution >= 0.6 is 83.7 Å². The molecule has 0 bridgehead atoms. The molecule has 0 aliphatic rings. The fraction of sp³-hybridized carbons (Fsp3) is 0.0833. The number of nitrogens with one attached hydrogen (secondary N) is 1. The molecule has 0 aliphatic heterocycles. The van der Waals surface area contributed by atoms with Crippen molar-refractivity contribution in [2.75, 3.05) is 0 Å². The monoisotopic (exact) mass is 985 g/mol. The quantitative estimate of drug-likeness (QED) is 0.121. The Bertz CT molecular complexity index is 2720. The fourth-order valence-corrected chi connectivity index (χ4v) is 14.9. The minimum absolute atomic E-state index is 0.450. The summed E-state index contributed by atoms with van der Waals surface area (Å²) in [5, 5.41) is 8.93. The highest BCUT2D eigenvalue weighted by atomic mass is 35.6. The van der Waals surface area contributed by atoms with Gasteiger partial charge in [0.1, 0.15) is 0 Å². The molecule has 0 atom stereocenters. The first-order valence-electron chi connectivity index (χ1n) is 19.5. The molecule has 0 aliphatic carbocycles. The maximum absolute atomic E-state index is 5.64. The van der Waals surface area contributed by atoms with Gasteiger partial charge in [0, 0.05) is 67.4 Å². The van der Waals surface area contributed by atoms with E-state index in [1.54, 1.807) is 24.8 Å². The van der Waals surface area contributed by atoms with Crippen LogP contribution in [0.4, 0.5) is 11.9 Å². The Balaban J connectivity index is 0.000000688. The van der Waals surface area contributed by atoms with E-state index in [2.05, 4.69) is 184 Å². The summed E-state index contributed by atoms with van der Waals surface area (Å²) < 4.78 is 9.79. The molecule has 0 unspecified atom stereocenters. The van der Waals surface area contributed by atoms with Gasteiger partial charge in [-0.25, -0.2) is 29.4 Å². The molecular formula is C48H39Cl6N7P2. The van der Waals surface area contributed by atoms with Gasteiger partial charge in [-0.05, 0) is 61.4 Å². The summed E-state index contributed by atoms with van der Waals surface area (Å²) in [5.41, 5.74) is 4.34. The number of nitrogens with zero attached hydrogens (tertiary/aromatic N) is 6. The van der Waals surface area contributed by atoms with Crippen molar-refractivity contribution >= 4 is 149 Å². The van der Waals surface area contributed by atoms with Gasteiger partial charge in [-0.15, -0.1) is 0 Å². The third kappa shape index (κ3) is 10.6. The van der Waals surface area contributed by atoms with E-state index < -0.39 is 22.7 Å². The summed E-state index contributed by atoms with van der Waals surface area (Å²) >= 11 is 28.8. The van der Waals surface area contributed by atoms with Crippen LogP contribution in [0.15, 0.2) is 192 Å². The molecule has 318 valence electrons. The first-order chi connectivity index (χ1) is 30.5. The van der Waals surface area contributed by atoms with Gasteiger partial charge in [-0.1, -0.05) is 191 Å². The molecule has 0 amide bonds. The Labute approximate surface area is 396 Å². The van der Waals surface area contributed by atoms with E-state index in [-0.39, 0.29) is 0 Å². The number of aromatic nitrogens is 5. The van der Waals surface area contributed by atoms with Gasteiger partial charge < -0.3 is 4.98 Å². The zero-order valence-corrected chi connectivity index (χ0v) is 40.1. The van der Waals surface area contributed by atoms with Crippen LogP contribution in [-0.2, 0) is 0 Å². The van der Waals surface area contributed by atoms with E-state index in [0.717, 1.165) is 64.8 Å². The van der Waals surface area contributed by atoms with Crippen LogP contribution in [0.25, 0.3) is 21.8 Å². The highest BCUT2D eigenvalue weighted by Crippen LogP contribution is 2.53. The Morgan fingerprint density at radius 1 is 0.413 bits per heavy atom. The van der Waals surface area contributed by atoms with E-state index >= 15 is 0 Å². The van der Waals surface area contributed by atoms with Gasteiger partial charge >= 0.3 is 0 Å². The van der Waals surface area contributed by atoms with Crippen molar-refractivity contribution in [1.29, 1.82) is 0 Å². The lowest BCUT2D eigenvalue weighted by molar-refractivity contribution is 1.14. The molecule has 0 spiro atoms. The van der Waals surface area contributed by atoms with E-state index in [1.165, 1.54) is 0 Å². The minimum Gasteiger partial charge on any atom is -0.353 e. The smallest absolute Gasteiger partial charge is 0.248 e. The summed E-state index contributed by atoms with van der Waals surface area (Å²) in [6, 6.07) is 55.4. The van der Waals surface area contributed by atoms with Crippen molar-refractivity contribution in [3.63, 3.8) is 0 Å². The van der Waals surface area contributed by atoms with Crippen LogP contribution in [-0.4, -0.2) is 33.5 Å². The van der Waals surface area contributed by atoms with Crippen molar-refractivity contribution in [2.24, 2.45) is 9.49 Å². The molecule has 0 saturated carbocycles. The Hall–Kier alpha value is -4.52. The number of H-pyrrole nitrogens is 1. The van der Waals surface area contributed by atoms with E-state index in [1.807, 2.05) is 12.1 Å². The second-order valence-corrected chi connectivity index (χ2v) is 23.9. The Morgan fingerprint density at radius 3 is 0.952 bits per heavy atom. The largest absolute Gasteiger partial charge is 0.353 e. The molecule has 15 heteroatoms. The molecule has 1 N–H and O–H groups in total. The first kappa shape index (κ1) is 46.5. The maximum Gasteiger partial charge on any atom is 0.248 e. The number of hydrogen-bond acceptors (Lipinski definition) is 6. The minimum atomic E-state index is -2.81. The lowest BCUT2D eigenvalue weighted by Gasteiger charge is -2.27. The van der Waals surface area contributed by atoms with Crippen LogP contribution < -0.4 is 31.8 Å². The van der Waals surface area contributed by atoms with Crippen molar-refractivity contribution in [1.82, 2.24) is 24.9 Å². The standard InChI is InChI=1S/C46H37N7P2.2CHCl3/c1-33-29-39-40-30-34(2)32-42(55(37-21-11-5-12-22-37,38-23-13-6-14-24-38)53-46-49-27-16-28-50-46)44(40)51-43(39)41(31-33)54(35-17-7-3-8-18-35,36-19-9-4-10-20-36)52-45-47-25-15-26-48-45;2*2-1(3)4/h3-32,51H,1-2H3;2*1H. The van der Waals surface area contributed by atoms with Crippen molar-refractivity contribution in [2.45, 2.75) is 22.4 Å². The maximum atomic E-state index is 5.64. The number of aryl methyl sites for hydroxylation is 2. The number of rotatable bonds is 8. The van der Waals surface area contributed by atoms with Crippen LogP contribution in [0, 0.1) is 13.8 Å². The predicted molar refractivity (Wildman–Crippen MR) is 274 cm³/mol. The molecule has 9 rings (SSSR count). The Kier molecular flexibility index (Phi) is 15.8. The van der Waals surface area contributed by atoms with Crippen LogP contribution in [0.3, 0.4) is 0 Å². The van der Waals surface area contributed by atoms with E-state index in [9.17, 15) is 0 Å².